The summed E-state index contributed by atoms with van der Waals surface area (Å²) in [5, 5.41) is 15.3. The molecule has 2 aliphatic heterocycles. The maximum absolute atomic E-state index is 13.3. The molecule has 200 valence electrons. The molecule has 2 aliphatic rings. The van der Waals surface area contributed by atoms with Crippen molar-refractivity contribution in [2.75, 3.05) is 27.2 Å². The molecule has 0 unspecified atom stereocenters. The molecule has 0 radical (unpaired) electrons. The van der Waals surface area contributed by atoms with Crippen LogP contribution in [-0.4, -0.2) is 55.6 Å². The van der Waals surface area contributed by atoms with Gasteiger partial charge in [-0.15, -0.1) is 0 Å². The summed E-state index contributed by atoms with van der Waals surface area (Å²) >= 11 is 6.23. The molecule has 9 heteroatoms. The first kappa shape index (κ1) is 26.8. The average molecular weight is 554 g/mol. The van der Waals surface area contributed by atoms with E-state index in [2.05, 4.69) is 10.3 Å². The number of rotatable bonds is 6. The van der Waals surface area contributed by atoms with Crippen LogP contribution >= 0.6 is 11.6 Å². The maximum Gasteiger partial charge on any atom is 0.242 e. The molecule has 0 spiro atoms. The number of ether oxygens (including phenoxy) is 1. The second kappa shape index (κ2) is 10.8. The van der Waals surface area contributed by atoms with E-state index in [-0.39, 0.29) is 4.90 Å². The van der Waals surface area contributed by atoms with Crippen LogP contribution < -0.4 is 10.1 Å². The molecule has 1 fully saturated rings. The predicted octanol–water partition coefficient (Wildman–Crippen LogP) is 5.14. The molecule has 0 amide bonds. The Morgan fingerprint density at radius 3 is 2.55 bits per heavy atom. The van der Waals surface area contributed by atoms with E-state index in [0.717, 1.165) is 35.4 Å². The minimum atomic E-state index is -3.73. The van der Waals surface area contributed by atoms with Crippen molar-refractivity contribution in [2.45, 2.75) is 42.6 Å². The van der Waals surface area contributed by atoms with E-state index in [9.17, 15) is 13.5 Å². The Balaban J connectivity index is 1.71. The summed E-state index contributed by atoms with van der Waals surface area (Å²) < 4.78 is 34.1. The van der Waals surface area contributed by atoms with E-state index < -0.39 is 15.6 Å². The molecule has 38 heavy (non-hydrogen) atoms. The topological polar surface area (TPSA) is 91.8 Å². The number of aliphatic hydroxyl groups is 1. The third-order valence-corrected chi connectivity index (χ3v) is 9.59. The van der Waals surface area contributed by atoms with Crippen LogP contribution in [0.5, 0.6) is 11.6 Å². The van der Waals surface area contributed by atoms with Gasteiger partial charge in [-0.05, 0) is 91.9 Å². The van der Waals surface area contributed by atoms with Gasteiger partial charge in [-0.25, -0.2) is 17.7 Å². The van der Waals surface area contributed by atoms with Gasteiger partial charge in [0.25, 0.3) is 0 Å². The normalized spacial score (nSPS) is 18.2. The number of benzene rings is 2. The molecule has 0 bridgehead atoms. The number of aromatic nitrogens is 1. The van der Waals surface area contributed by atoms with Crippen LogP contribution in [0.15, 0.2) is 65.7 Å². The number of hydrogen-bond donors (Lipinski definition) is 2. The highest BCUT2D eigenvalue weighted by Gasteiger charge is 2.32. The summed E-state index contributed by atoms with van der Waals surface area (Å²) in [6, 6.07) is 16.6. The first-order valence-corrected chi connectivity index (χ1v) is 14.6. The van der Waals surface area contributed by atoms with E-state index in [0.29, 0.717) is 54.3 Å². The Labute approximate surface area is 229 Å². The molecule has 3 aromatic rings. The van der Waals surface area contributed by atoms with Gasteiger partial charge < -0.3 is 15.2 Å². The molecule has 0 atom stereocenters. The SMILES string of the molecule is CN(C)S(=O)(=O)c1cccc2c1CC(=C(CCC1(O)CCNCC1)c1ccc(Cl)cc1)c1cccnc1O2. The number of piperidine rings is 1. The van der Waals surface area contributed by atoms with Crippen LogP contribution in [0.3, 0.4) is 0 Å². The van der Waals surface area contributed by atoms with E-state index in [1.807, 2.05) is 36.4 Å². The molecule has 7 nitrogen and oxygen atoms in total. The lowest BCUT2D eigenvalue weighted by molar-refractivity contribution is 0.00392. The third-order valence-electron chi connectivity index (χ3n) is 7.44. The number of halogens is 1. The van der Waals surface area contributed by atoms with E-state index in [1.54, 1.807) is 24.4 Å². The molecule has 1 saturated heterocycles. The predicted molar refractivity (Wildman–Crippen MR) is 150 cm³/mol. The number of allylic oxidation sites excluding steroid dienone is 2. The Kier molecular flexibility index (Phi) is 7.62. The van der Waals surface area contributed by atoms with Gasteiger partial charge in [0.15, 0.2) is 0 Å². The molecule has 0 aliphatic carbocycles. The zero-order valence-corrected chi connectivity index (χ0v) is 23.1. The minimum absolute atomic E-state index is 0.206. The van der Waals surface area contributed by atoms with E-state index >= 15 is 0 Å². The van der Waals surface area contributed by atoms with Crippen molar-refractivity contribution in [3.05, 3.63) is 82.5 Å². The molecule has 2 aromatic carbocycles. The standard InChI is InChI=1S/C29H32ClN3O4S/c1-33(2)38(35,36)27-7-3-6-26-25(27)19-24(23-5-4-16-32-28(23)37-26)22(20-8-10-21(30)11-9-20)12-13-29(34)14-17-31-18-15-29/h3-11,16,31,34H,12-15,17-19H2,1-2H3. The fourth-order valence-corrected chi connectivity index (χ4v) is 6.48. The van der Waals surface area contributed by atoms with Crippen molar-refractivity contribution < 1.29 is 18.3 Å². The first-order chi connectivity index (χ1) is 18.2. The van der Waals surface area contributed by atoms with E-state index in [4.69, 9.17) is 16.3 Å². The lowest BCUT2D eigenvalue weighted by Crippen LogP contribution is -2.41. The molecule has 3 heterocycles. The Hall–Kier alpha value is -2.75. The number of pyridine rings is 1. The number of nitrogens with zero attached hydrogens (tertiary/aromatic N) is 2. The van der Waals surface area contributed by atoms with E-state index in [1.165, 1.54) is 18.4 Å². The van der Waals surface area contributed by atoms with Crippen LogP contribution in [0.2, 0.25) is 5.02 Å². The molecule has 5 rings (SSSR count). The third kappa shape index (κ3) is 5.37. The summed E-state index contributed by atoms with van der Waals surface area (Å²) in [5.41, 5.74) is 3.53. The smallest absolute Gasteiger partial charge is 0.242 e. The van der Waals surface area contributed by atoms with Gasteiger partial charge in [0.2, 0.25) is 15.9 Å². The zero-order valence-electron chi connectivity index (χ0n) is 21.6. The Bertz CT molecular complexity index is 1460. The largest absolute Gasteiger partial charge is 0.438 e. The van der Waals surface area contributed by atoms with Crippen LogP contribution in [-0.2, 0) is 16.4 Å². The fourth-order valence-electron chi connectivity index (χ4n) is 5.22. The Morgan fingerprint density at radius 1 is 1.11 bits per heavy atom. The van der Waals surface area contributed by atoms with Crippen LogP contribution in [0.1, 0.15) is 42.4 Å². The molecule has 1 aromatic heterocycles. The van der Waals surface area contributed by atoms with Crippen LogP contribution in [0.4, 0.5) is 0 Å². The quantitative estimate of drug-likeness (QED) is 0.439. The van der Waals surface area contributed by atoms with Crippen molar-refractivity contribution in [1.82, 2.24) is 14.6 Å². The number of nitrogens with one attached hydrogen (secondary N) is 1. The van der Waals surface area contributed by atoms with Crippen molar-refractivity contribution in [3.63, 3.8) is 0 Å². The Morgan fingerprint density at radius 2 is 1.84 bits per heavy atom. The van der Waals surface area contributed by atoms with Gasteiger partial charge in [-0.2, -0.15) is 0 Å². The number of sulfonamides is 1. The van der Waals surface area contributed by atoms with Gasteiger partial charge in [-0.1, -0.05) is 29.8 Å². The van der Waals surface area contributed by atoms with Crippen molar-refractivity contribution in [1.29, 1.82) is 0 Å². The van der Waals surface area contributed by atoms with Crippen molar-refractivity contribution in [2.24, 2.45) is 0 Å². The highest BCUT2D eigenvalue weighted by atomic mass is 35.5. The summed E-state index contributed by atoms with van der Waals surface area (Å²) in [7, 11) is -0.683. The number of hydrogen-bond acceptors (Lipinski definition) is 6. The van der Waals surface area contributed by atoms with Gasteiger partial charge in [-0.3, -0.25) is 0 Å². The maximum atomic E-state index is 13.3. The van der Waals surface area contributed by atoms with Gasteiger partial charge in [0.1, 0.15) is 5.75 Å². The lowest BCUT2D eigenvalue weighted by atomic mass is 9.82. The summed E-state index contributed by atoms with van der Waals surface area (Å²) in [5.74, 6) is 0.892. The first-order valence-electron chi connectivity index (χ1n) is 12.8. The number of fused-ring (bicyclic) bond motifs is 2. The van der Waals surface area contributed by atoms with Gasteiger partial charge in [0, 0.05) is 42.9 Å². The zero-order chi connectivity index (χ0) is 26.9. The van der Waals surface area contributed by atoms with Crippen molar-refractivity contribution >= 4 is 32.8 Å². The van der Waals surface area contributed by atoms with Crippen LogP contribution in [0, 0.1) is 0 Å². The molecule has 2 N–H and O–H groups in total. The lowest BCUT2D eigenvalue weighted by Gasteiger charge is -2.33. The fraction of sp³-hybridized carbons (Fsp3) is 0.345. The monoisotopic (exact) mass is 553 g/mol. The summed E-state index contributed by atoms with van der Waals surface area (Å²) in [6.45, 7) is 1.56. The van der Waals surface area contributed by atoms with Gasteiger partial charge in [0.05, 0.1) is 10.5 Å². The second-order valence-corrected chi connectivity index (χ2v) is 12.7. The highest BCUT2D eigenvalue weighted by molar-refractivity contribution is 7.89. The minimum Gasteiger partial charge on any atom is -0.438 e. The van der Waals surface area contributed by atoms with Gasteiger partial charge >= 0.3 is 0 Å². The highest BCUT2D eigenvalue weighted by Crippen LogP contribution is 2.45. The summed E-state index contributed by atoms with van der Waals surface area (Å²) in [6.07, 6.45) is 4.55. The van der Waals surface area contributed by atoms with Crippen molar-refractivity contribution in [3.8, 4) is 11.6 Å². The van der Waals surface area contributed by atoms with Crippen LogP contribution in [0.25, 0.3) is 11.1 Å². The summed E-state index contributed by atoms with van der Waals surface area (Å²) in [4.78, 5) is 4.72. The second-order valence-electron chi connectivity index (χ2n) is 10.1. The molecule has 0 saturated carbocycles. The molecular formula is C29H32ClN3O4S. The molecular weight excluding hydrogens is 522 g/mol. The average Bonchev–Trinajstić information content (AvgIpc) is 3.07.